The zero-order chi connectivity index (χ0) is 8.39. The number of hydrogen-bond acceptors (Lipinski definition) is 2. The van der Waals surface area contributed by atoms with Crippen LogP contribution < -0.4 is 0 Å². The van der Waals surface area contributed by atoms with E-state index in [0.29, 0.717) is 12.5 Å². The highest BCUT2D eigenvalue weighted by atomic mass is 16.5. The highest BCUT2D eigenvalue weighted by Crippen LogP contribution is 2.37. The van der Waals surface area contributed by atoms with Gasteiger partial charge >= 0.3 is 0 Å². The van der Waals surface area contributed by atoms with Crippen LogP contribution >= 0.6 is 0 Å². The third-order valence-electron chi connectivity index (χ3n) is 3.09. The average molecular weight is 165 g/mol. The summed E-state index contributed by atoms with van der Waals surface area (Å²) in [6.45, 7) is 0. The molecule has 0 spiro atoms. The summed E-state index contributed by atoms with van der Waals surface area (Å²) in [5.74, 6) is 0.775. The lowest BCUT2D eigenvalue weighted by molar-refractivity contribution is 0.0213. The van der Waals surface area contributed by atoms with Crippen molar-refractivity contribution in [3.05, 3.63) is 0 Å². The van der Waals surface area contributed by atoms with Gasteiger partial charge in [-0.15, -0.1) is 0 Å². The molecular weight excluding hydrogens is 150 g/mol. The van der Waals surface area contributed by atoms with Crippen molar-refractivity contribution in [1.29, 1.82) is 5.26 Å². The van der Waals surface area contributed by atoms with Gasteiger partial charge in [0.05, 0.1) is 24.7 Å². The predicted molar refractivity (Wildman–Crippen MR) is 45.5 cm³/mol. The summed E-state index contributed by atoms with van der Waals surface area (Å²) in [5, 5.41) is 8.53. The van der Waals surface area contributed by atoms with Crippen molar-refractivity contribution < 1.29 is 4.74 Å². The summed E-state index contributed by atoms with van der Waals surface area (Å²) >= 11 is 0. The second-order valence-corrected chi connectivity index (χ2v) is 3.94. The minimum atomic E-state index is 0.253. The topological polar surface area (TPSA) is 33.0 Å². The number of rotatable bonds is 1. The first-order valence-electron chi connectivity index (χ1n) is 4.92. The van der Waals surface area contributed by atoms with Crippen LogP contribution in [-0.2, 0) is 4.74 Å². The van der Waals surface area contributed by atoms with E-state index in [1.807, 2.05) is 0 Å². The smallest absolute Gasteiger partial charge is 0.0712 e. The molecule has 2 aliphatic rings. The van der Waals surface area contributed by atoms with Gasteiger partial charge in [0.15, 0.2) is 0 Å². The molecule has 2 rings (SSSR count). The van der Waals surface area contributed by atoms with Gasteiger partial charge in [-0.25, -0.2) is 0 Å². The Hall–Kier alpha value is -0.550. The van der Waals surface area contributed by atoms with E-state index >= 15 is 0 Å². The summed E-state index contributed by atoms with van der Waals surface area (Å²) in [6, 6.07) is 2.19. The number of nitriles is 1. The zero-order valence-corrected chi connectivity index (χ0v) is 7.33. The largest absolute Gasteiger partial charge is 0.374 e. The van der Waals surface area contributed by atoms with E-state index in [1.165, 1.54) is 25.7 Å². The van der Waals surface area contributed by atoms with Gasteiger partial charge in [0.2, 0.25) is 0 Å². The van der Waals surface area contributed by atoms with E-state index in [2.05, 4.69) is 6.07 Å². The van der Waals surface area contributed by atoms with Crippen LogP contribution in [0.4, 0.5) is 0 Å². The fourth-order valence-corrected chi connectivity index (χ4v) is 2.50. The van der Waals surface area contributed by atoms with Crippen molar-refractivity contribution >= 4 is 0 Å². The Kier molecular flexibility index (Phi) is 2.32. The van der Waals surface area contributed by atoms with E-state index in [-0.39, 0.29) is 6.10 Å². The second-order valence-electron chi connectivity index (χ2n) is 3.94. The van der Waals surface area contributed by atoms with E-state index in [4.69, 9.17) is 10.00 Å². The van der Waals surface area contributed by atoms with E-state index < -0.39 is 0 Å². The van der Waals surface area contributed by atoms with Gasteiger partial charge in [-0.2, -0.15) is 5.26 Å². The second kappa shape index (κ2) is 3.45. The summed E-state index contributed by atoms with van der Waals surface area (Å²) in [4.78, 5) is 0. The Balaban J connectivity index is 1.90. The van der Waals surface area contributed by atoms with Crippen LogP contribution in [0.15, 0.2) is 0 Å². The number of fused-ring (bicyclic) bond motifs is 1. The maximum atomic E-state index is 8.53. The summed E-state index contributed by atoms with van der Waals surface area (Å²) in [5.41, 5.74) is 0. The Bertz CT molecular complexity index is 183. The number of hydrogen-bond donors (Lipinski definition) is 0. The maximum Gasteiger partial charge on any atom is 0.0712 e. The first-order chi connectivity index (χ1) is 5.90. The molecule has 1 aliphatic heterocycles. The monoisotopic (exact) mass is 165 g/mol. The molecule has 0 bridgehead atoms. The molecule has 2 heteroatoms. The van der Waals surface area contributed by atoms with Crippen LogP contribution in [0, 0.1) is 17.2 Å². The normalized spacial score (nSPS) is 40.4. The predicted octanol–water partition coefficient (Wildman–Crippen LogP) is 2.25. The molecule has 0 unspecified atom stereocenters. The zero-order valence-electron chi connectivity index (χ0n) is 7.33. The molecule has 66 valence electrons. The molecule has 2 fully saturated rings. The summed E-state index contributed by atoms with van der Waals surface area (Å²) in [7, 11) is 0. The first-order valence-corrected chi connectivity index (χ1v) is 4.92. The average Bonchev–Trinajstić information content (AvgIpc) is 2.47. The minimum absolute atomic E-state index is 0.253. The van der Waals surface area contributed by atoms with Crippen LogP contribution in [0.25, 0.3) is 0 Å². The minimum Gasteiger partial charge on any atom is -0.374 e. The molecule has 12 heavy (non-hydrogen) atoms. The molecule has 3 atom stereocenters. The molecule has 0 N–H and O–H groups in total. The van der Waals surface area contributed by atoms with Gasteiger partial charge < -0.3 is 4.74 Å². The lowest BCUT2D eigenvalue weighted by Crippen LogP contribution is -2.20. The van der Waals surface area contributed by atoms with Gasteiger partial charge in [-0.1, -0.05) is 12.8 Å². The van der Waals surface area contributed by atoms with Gasteiger partial charge in [-0.05, 0) is 25.2 Å². The Morgan fingerprint density at radius 1 is 1.33 bits per heavy atom. The Morgan fingerprint density at radius 2 is 2.17 bits per heavy atom. The number of ether oxygens (including phenoxy) is 1. The fourth-order valence-electron chi connectivity index (χ4n) is 2.50. The third kappa shape index (κ3) is 1.47. The van der Waals surface area contributed by atoms with E-state index in [9.17, 15) is 0 Å². The molecule has 2 nitrogen and oxygen atoms in total. The fraction of sp³-hybridized carbons (Fsp3) is 0.900. The lowest BCUT2D eigenvalue weighted by Gasteiger charge is -2.23. The molecule has 1 saturated carbocycles. The Morgan fingerprint density at radius 3 is 2.92 bits per heavy atom. The molecular formula is C10H15NO. The van der Waals surface area contributed by atoms with Crippen molar-refractivity contribution in [2.24, 2.45) is 5.92 Å². The van der Waals surface area contributed by atoms with Crippen LogP contribution in [0.5, 0.6) is 0 Å². The summed E-state index contributed by atoms with van der Waals surface area (Å²) < 4.78 is 5.78. The van der Waals surface area contributed by atoms with Crippen molar-refractivity contribution in [3.63, 3.8) is 0 Å². The molecule has 0 aromatic carbocycles. The van der Waals surface area contributed by atoms with Crippen LogP contribution in [0.3, 0.4) is 0 Å². The molecule has 0 aromatic heterocycles. The quantitative estimate of drug-likeness (QED) is 0.597. The molecule has 0 radical (unpaired) electrons. The van der Waals surface area contributed by atoms with Gasteiger partial charge in [0.1, 0.15) is 0 Å². The van der Waals surface area contributed by atoms with Gasteiger partial charge in [0, 0.05) is 0 Å². The summed E-state index contributed by atoms with van der Waals surface area (Å²) in [6.07, 6.45) is 7.72. The van der Waals surface area contributed by atoms with E-state index in [0.717, 1.165) is 12.3 Å². The molecule has 1 aliphatic carbocycles. The highest BCUT2D eigenvalue weighted by Gasteiger charge is 2.36. The Labute approximate surface area is 73.5 Å². The highest BCUT2D eigenvalue weighted by molar-refractivity contribution is 4.89. The first kappa shape index (κ1) is 8.07. The van der Waals surface area contributed by atoms with Gasteiger partial charge in [-0.3, -0.25) is 0 Å². The molecule has 1 heterocycles. The standard InChI is InChI=1S/C10H15NO/c11-6-5-9-7-8-3-1-2-4-10(8)12-9/h8-10H,1-5,7H2/t8-,9+,10+/m0/s1. The van der Waals surface area contributed by atoms with Crippen molar-refractivity contribution in [3.8, 4) is 6.07 Å². The number of nitrogens with zero attached hydrogens (tertiary/aromatic N) is 1. The van der Waals surface area contributed by atoms with Crippen molar-refractivity contribution in [2.45, 2.75) is 50.7 Å². The van der Waals surface area contributed by atoms with Crippen LogP contribution in [-0.4, -0.2) is 12.2 Å². The SMILES string of the molecule is N#CC[C@@H]1C[C@@H]2CCCC[C@H]2O1. The van der Waals surface area contributed by atoms with Gasteiger partial charge in [0.25, 0.3) is 0 Å². The lowest BCUT2D eigenvalue weighted by atomic mass is 9.85. The van der Waals surface area contributed by atoms with Crippen molar-refractivity contribution in [1.82, 2.24) is 0 Å². The van der Waals surface area contributed by atoms with E-state index in [1.54, 1.807) is 0 Å². The molecule has 0 amide bonds. The maximum absolute atomic E-state index is 8.53. The van der Waals surface area contributed by atoms with Crippen molar-refractivity contribution in [2.75, 3.05) is 0 Å². The third-order valence-corrected chi connectivity index (χ3v) is 3.09. The molecule has 1 saturated heterocycles. The molecule has 0 aromatic rings. The van der Waals surface area contributed by atoms with Crippen LogP contribution in [0.1, 0.15) is 38.5 Å². The van der Waals surface area contributed by atoms with Crippen LogP contribution in [0.2, 0.25) is 0 Å².